The summed E-state index contributed by atoms with van der Waals surface area (Å²) < 4.78 is 37.1. The Kier molecular flexibility index (Phi) is 5.47. The highest BCUT2D eigenvalue weighted by atomic mass is 19.4. The number of rotatable bonds is 6. The van der Waals surface area contributed by atoms with Gasteiger partial charge in [-0.3, -0.25) is 0 Å². The Morgan fingerprint density at radius 2 is 1.89 bits per heavy atom. The Bertz CT molecular complexity index is 363. The van der Waals surface area contributed by atoms with Crippen molar-refractivity contribution in [3.05, 3.63) is 29.8 Å². The molecule has 0 unspecified atom stereocenters. The lowest BCUT2D eigenvalue weighted by Crippen LogP contribution is -2.32. The third kappa shape index (κ3) is 4.96. The lowest BCUT2D eigenvalue weighted by Gasteiger charge is -2.23. The zero-order chi connectivity index (χ0) is 13.6. The molecule has 0 saturated heterocycles. The molecule has 0 aromatic heterocycles. The van der Waals surface area contributed by atoms with Crippen molar-refractivity contribution in [3.8, 4) is 0 Å². The molecule has 0 radical (unpaired) electrons. The third-order valence-corrected chi connectivity index (χ3v) is 2.56. The van der Waals surface area contributed by atoms with Crippen LogP contribution in [0, 0.1) is 0 Å². The molecule has 0 aliphatic heterocycles. The summed E-state index contributed by atoms with van der Waals surface area (Å²) in [5, 5.41) is 3.20. The summed E-state index contributed by atoms with van der Waals surface area (Å²) in [5.41, 5.74) is 1.51. The van der Waals surface area contributed by atoms with E-state index in [0.29, 0.717) is 12.2 Å². The Balaban J connectivity index is 2.74. The van der Waals surface area contributed by atoms with Crippen LogP contribution in [0.15, 0.2) is 24.3 Å². The highest BCUT2D eigenvalue weighted by molar-refractivity contribution is 5.53. The van der Waals surface area contributed by atoms with Gasteiger partial charge in [0.15, 0.2) is 0 Å². The quantitative estimate of drug-likeness (QED) is 0.790. The lowest BCUT2D eigenvalue weighted by atomic mass is 10.1. The fourth-order valence-electron chi connectivity index (χ4n) is 1.79. The molecule has 1 aromatic carbocycles. The lowest BCUT2D eigenvalue weighted by molar-refractivity contribution is -0.119. The van der Waals surface area contributed by atoms with Crippen molar-refractivity contribution in [1.29, 1.82) is 0 Å². The molecule has 0 atom stereocenters. The smallest absolute Gasteiger partial charge is 0.365 e. The number of hydrogen-bond acceptors (Lipinski definition) is 2. The second-order valence-corrected chi connectivity index (χ2v) is 4.28. The van der Waals surface area contributed by atoms with Gasteiger partial charge in [-0.25, -0.2) is 0 Å². The number of hydrogen-bond donors (Lipinski definition) is 1. The van der Waals surface area contributed by atoms with Gasteiger partial charge >= 0.3 is 6.18 Å². The van der Waals surface area contributed by atoms with Crippen LogP contribution in [0.2, 0.25) is 0 Å². The molecule has 0 aliphatic carbocycles. The van der Waals surface area contributed by atoms with Gasteiger partial charge in [-0.15, -0.1) is 0 Å². The first kappa shape index (κ1) is 14.8. The molecule has 0 heterocycles. The molecule has 5 heteroatoms. The Morgan fingerprint density at radius 3 is 2.50 bits per heavy atom. The van der Waals surface area contributed by atoms with E-state index in [1.165, 1.54) is 11.9 Å². The van der Waals surface area contributed by atoms with Gasteiger partial charge in [-0.05, 0) is 24.6 Å². The van der Waals surface area contributed by atoms with E-state index in [4.69, 9.17) is 0 Å². The normalized spacial score (nSPS) is 11.6. The average molecular weight is 260 g/mol. The molecule has 1 rings (SSSR count). The molecule has 0 spiro atoms. The summed E-state index contributed by atoms with van der Waals surface area (Å²) in [6, 6.07) is 7.17. The van der Waals surface area contributed by atoms with Crippen LogP contribution >= 0.6 is 0 Å². The molecule has 1 aromatic rings. The van der Waals surface area contributed by atoms with E-state index in [1.54, 1.807) is 12.1 Å². The fraction of sp³-hybridized carbons (Fsp3) is 0.538. The van der Waals surface area contributed by atoms with Crippen LogP contribution in [-0.2, 0) is 6.54 Å². The maximum Gasteiger partial charge on any atom is 0.405 e. The predicted octanol–water partition coefficient (Wildman–Crippen LogP) is 3.18. The van der Waals surface area contributed by atoms with Crippen LogP contribution in [0.5, 0.6) is 0 Å². The molecular formula is C13H19F3N2. The van der Waals surface area contributed by atoms with Crippen molar-refractivity contribution in [1.82, 2.24) is 5.32 Å². The van der Waals surface area contributed by atoms with Gasteiger partial charge in [0.25, 0.3) is 0 Å². The molecule has 1 N–H and O–H groups in total. The fourth-order valence-corrected chi connectivity index (χ4v) is 1.79. The summed E-state index contributed by atoms with van der Waals surface area (Å²) in [7, 11) is 1.46. The Morgan fingerprint density at radius 1 is 1.22 bits per heavy atom. The molecule has 0 aliphatic rings. The average Bonchev–Trinajstić information content (AvgIpc) is 2.27. The van der Waals surface area contributed by atoms with Crippen molar-refractivity contribution < 1.29 is 13.2 Å². The number of halogens is 3. The predicted molar refractivity (Wildman–Crippen MR) is 67.8 cm³/mol. The molecule has 0 saturated carbocycles. The zero-order valence-corrected chi connectivity index (χ0v) is 10.7. The molecule has 18 heavy (non-hydrogen) atoms. The maximum atomic E-state index is 12.4. The van der Waals surface area contributed by atoms with E-state index >= 15 is 0 Å². The molecule has 0 bridgehead atoms. The number of nitrogens with zero attached hydrogens (tertiary/aromatic N) is 1. The van der Waals surface area contributed by atoms with E-state index in [9.17, 15) is 13.2 Å². The molecule has 0 fully saturated rings. The van der Waals surface area contributed by atoms with Crippen LogP contribution < -0.4 is 10.2 Å². The van der Waals surface area contributed by atoms with E-state index in [0.717, 1.165) is 18.5 Å². The summed E-state index contributed by atoms with van der Waals surface area (Å²) >= 11 is 0. The second-order valence-electron chi connectivity index (χ2n) is 4.28. The van der Waals surface area contributed by atoms with Gasteiger partial charge in [-0.1, -0.05) is 25.1 Å². The largest absolute Gasteiger partial charge is 0.405 e. The van der Waals surface area contributed by atoms with Crippen molar-refractivity contribution in [2.75, 3.05) is 25.0 Å². The third-order valence-electron chi connectivity index (χ3n) is 2.56. The van der Waals surface area contributed by atoms with E-state index < -0.39 is 12.7 Å². The first-order valence-electron chi connectivity index (χ1n) is 6.00. The number of nitrogens with one attached hydrogen (secondary N) is 1. The van der Waals surface area contributed by atoms with Crippen LogP contribution in [-0.4, -0.2) is 26.3 Å². The number of benzene rings is 1. The summed E-state index contributed by atoms with van der Waals surface area (Å²) in [6.45, 7) is 2.57. The molecular weight excluding hydrogens is 241 g/mol. The van der Waals surface area contributed by atoms with Gasteiger partial charge in [0.2, 0.25) is 0 Å². The van der Waals surface area contributed by atoms with Gasteiger partial charge in [-0.2, -0.15) is 13.2 Å². The number of anilines is 1. The monoisotopic (exact) mass is 260 g/mol. The van der Waals surface area contributed by atoms with Crippen LogP contribution in [0.3, 0.4) is 0 Å². The highest BCUT2D eigenvalue weighted by Gasteiger charge is 2.29. The summed E-state index contributed by atoms with van der Waals surface area (Å²) in [6.07, 6.45) is -3.18. The maximum absolute atomic E-state index is 12.4. The van der Waals surface area contributed by atoms with Crippen molar-refractivity contribution in [3.63, 3.8) is 0 Å². The Hall–Kier alpha value is -1.23. The minimum atomic E-state index is -4.18. The standard InChI is InChI=1S/C13H19F3N2/c1-3-8-17-9-11-6-4-5-7-12(11)18(2)10-13(14,15)16/h4-7,17H,3,8-10H2,1-2H3. The number of alkyl halides is 3. The second kappa shape index (κ2) is 6.64. The molecule has 2 nitrogen and oxygen atoms in total. The molecule has 0 amide bonds. The molecule has 102 valence electrons. The highest BCUT2D eigenvalue weighted by Crippen LogP contribution is 2.23. The zero-order valence-electron chi connectivity index (χ0n) is 10.7. The SMILES string of the molecule is CCCNCc1ccccc1N(C)CC(F)(F)F. The van der Waals surface area contributed by atoms with Crippen LogP contribution in [0.1, 0.15) is 18.9 Å². The van der Waals surface area contributed by atoms with Gasteiger partial charge in [0.05, 0.1) is 0 Å². The van der Waals surface area contributed by atoms with Crippen molar-refractivity contribution in [2.24, 2.45) is 0 Å². The van der Waals surface area contributed by atoms with Crippen LogP contribution in [0.4, 0.5) is 18.9 Å². The van der Waals surface area contributed by atoms with E-state index in [2.05, 4.69) is 12.2 Å². The first-order chi connectivity index (χ1) is 8.44. The van der Waals surface area contributed by atoms with Crippen LogP contribution in [0.25, 0.3) is 0 Å². The van der Waals surface area contributed by atoms with E-state index in [-0.39, 0.29) is 0 Å². The topological polar surface area (TPSA) is 15.3 Å². The van der Waals surface area contributed by atoms with E-state index in [1.807, 2.05) is 12.1 Å². The van der Waals surface area contributed by atoms with Gasteiger partial charge < -0.3 is 10.2 Å². The minimum Gasteiger partial charge on any atom is -0.365 e. The van der Waals surface area contributed by atoms with Crippen molar-refractivity contribution >= 4 is 5.69 Å². The van der Waals surface area contributed by atoms with Crippen molar-refractivity contribution in [2.45, 2.75) is 26.1 Å². The Labute approximate surface area is 106 Å². The summed E-state index contributed by atoms with van der Waals surface area (Å²) in [4.78, 5) is 1.24. The van der Waals surface area contributed by atoms with Gasteiger partial charge in [0, 0.05) is 19.3 Å². The summed E-state index contributed by atoms with van der Waals surface area (Å²) in [5.74, 6) is 0. The minimum absolute atomic E-state index is 0.589. The number of para-hydroxylation sites is 1. The van der Waals surface area contributed by atoms with Gasteiger partial charge in [0.1, 0.15) is 6.54 Å². The first-order valence-corrected chi connectivity index (χ1v) is 6.00.